The SMILES string of the molecule is CCCNc1ccc2oc(=O)[nH]c2c1. The van der Waals surface area contributed by atoms with Gasteiger partial charge in [-0.05, 0) is 24.6 Å². The Morgan fingerprint density at radius 1 is 1.50 bits per heavy atom. The van der Waals surface area contributed by atoms with Crippen LogP contribution in [-0.2, 0) is 0 Å². The summed E-state index contributed by atoms with van der Waals surface area (Å²) in [4.78, 5) is 13.5. The number of nitrogens with one attached hydrogen (secondary N) is 2. The number of H-pyrrole nitrogens is 1. The first-order valence-corrected chi connectivity index (χ1v) is 4.66. The zero-order valence-corrected chi connectivity index (χ0v) is 7.96. The molecule has 0 aliphatic heterocycles. The molecule has 0 aliphatic rings. The van der Waals surface area contributed by atoms with Gasteiger partial charge in [0.05, 0.1) is 5.52 Å². The lowest BCUT2D eigenvalue weighted by Gasteiger charge is -2.02. The Labute approximate surface area is 80.9 Å². The van der Waals surface area contributed by atoms with Crippen molar-refractivity contribution in [1.29, 1.82) is 0 Å². The average molecular weight is 192 g/mol. The van der Waals surface area contributed by atoms with Crippen molar-refractivity contribution in [3.8, 4) is 0 Å². The lowest BCUT2D eigenvalue weighted by Crippen LogP contribution is -1.99. The van der Waals surface area contributed by atoms with Gasteiger partial charge in [0.2, 0.25) is 0 Å². The first kappa shape index (κ1) is 8.87. The largest absolute Gasteiger partial charge is 0.417 e. The second kappa shape index (κ2) is 3.57. The molecule has 0 saturated heterocycles. The predicted molar refractivity (Wildman–Crippen MR) is 55.6 cm³/mol. The molecule has 0 saturated carbocycles. The molecule has 1 aromatic carbocycles. The number of anilines is 1. The Morgan fingerprint density at radius 2 is 2.36 bits per heavy atom. The monoisotopic (exact) mass is 192 g/mol. The van der Waals surface area contributed by atoms with Crippen LogP contribution in [0.25, 0.3) is 11.1 Å². The van der Waals surface area contributed by atoms with E-state index in [4.69, 9.17) is 4.42 Å². The molecule has 4 nitrogen and oxygen atoms in total. The van der Waals surface area contributed by atoms with Crippen molar-refractivity contribution in [2.24, 2.45) is 0 Å². The highest BCUT2D eigenvalue weighted by Crippen LogP contribution is 2.15. The number of rotatable bonds is 3. The Hall–Kier alpha value is -1.71. The van der Waals surface area contributed by atoms with Crippen molar-refractivity contribution >= 4 is 16.8 Å². The molecule has 2 rings (SSSR count). The molecule has 0 radical (unpaired) electrons. The van der Waals surface area contributed by atoms with Gasteiger partial charge in [0, 0.05) is 12.2 Å². The molecular formula is C10H12N2O2. The molecule has 74 valence electrons. The Kier molecular flexibility index (Phi) is 2.26. The third-order valence-corrected chi connectivity index (χ3v) is 2.00. The van der Waals surface area contributed by atoms with E-state index in [9.17, 15) is 4.79 Å². The van der Waals surface area contributed by atoms with E-state index in [1.165, 1.54) is 0 Å². The predicted octanol–water partition coefficient (Wildman–Crippen LogP) is 1.94. The minimum Gasteiger partial charge on any atom is -0.408 e. The zero-order valence-electron chi connectivity index (χ0n) is 7.96. The Balaban J connectivity index is 2.35. The van der Waals surface area contributed by atoms with Gasteiger partial charge in [-0.2, -0.15) is 0 Å². The van der Waals surface area contributed by atoms with Crippen molar-refractivity contribution in [2.75, 3.05) is 11.9 Å². The fraction of sp³-hybridized carbons (Fsp3) is 0.300. The van der Waals surface area contributed by atoms with E-state index in [-0.39, 0.29) is 0 Å². The number of oxazole rings is 1. The fourth-order valence-corrected chi connectivity index (χ4v) is 1.33. The number of benzene rings is 1. The van der Waals surface area contributed by atoms with Crippen molar-refractivity contribution in [3.63, 3.8) is 0 Å². The van der Waals surface area contributed by atoms with Crippen molar-refractivity contribution < 1.29 is 4.42 Å². The number of fused-ring (bicyclic) bond motifs is 1. The number of aromatic amines is 1. The molecule has 0 amide bonds. The van der Waals surface area contributed by atoms with E-state index in [2.05, 4.69) is 17.2 Å². The zero-order chi connectivity index (χ0) is 9.97. The van der Waals surface area contributed by atoms with E-state index >= 15 is 0 Å². The summed E-state index contributed by atoms with van der Waals surface area (Å²) in [6.07, 6.45) is 1.07. The van der Waals surface area contributed by atoms with Crippen molar-refractivity contribution in [2.45, 2.75) is 13.3 Å². The summed E-state index contributed by atoms with van der Waals surface area (Å²) in [6.45, 7) is 3.03. The molecule has 0 bridgehead atoms. The van der Waals surface area contributed by atoms with Crippen LogP contribution in [0.15, 0.2) is 27.4 Å². The standard InChI is InChI=1S/C10H12N2O2/c1-2-5-11-7-3-4-9-8(6-7)12-10(13)14-9/h3-4,6,11H,2,5H2,1H3,(H,12,13). The van der Waals surface area contributed by atoms with Gasteiger partial charge in [0.1, 0.15) is 0 Å². The van der Waals surface area contributed by atoms with Crippen LogP contribution in [0.5, 0.6) is 0 Å². The van der Waals surface area contributed by atoms with E-state index in [0.717, 1.165) is 24.2 Å². The highest BCUT2D eigenvalue weighted by atomic mass is 16.4. The lowest BCUT2D eigenvalue weighted by molar-refractivity contribution is 0.555. The van der Waals surface area contributed by atoms with E-state index in [0.29, 0.717) is 5.58 Å². The Bertz CT molecular complexity index is 484. The molecule has 1 aromatic heterocycles. The fourth-order valence-electron chi connectivity index (χ4n) is 1.33. The first-order valence-electron chi connectivity index (χ1n) is 4.66. The van der Waals surface area contributed by atoms with Crippen molar-refractivity contribution in [3.05, 3.63) is 28.7 Å². The molecular weight excluding hydrogens is 180 g/mol. The summed E-state index contributed by atoms with van der Waals surface area (Å²) < 4.78 is 4.89. The molecule has 14 heavy (non-hydrogen) atoms. The quantitative estimate of drug-likeness (QED) is 0.781. The van der Waals surface area contributed by atoms with Gasteiger partial charge in [-0.15, -0.1) is 0 Å². The minimum atomic E-state index is -0.410. The van der Waals surface area contributed by atoms with Gasteiger partial charge in [-0.25, -0.2) is 4.79 Å². The van der Waals surface area contributed by atoms with E-state index in [1.54, 1.807) is 6.07 Å². The van der Waals surface area contributed by atoms with E-state index in [1.807, 2.05) is 12.1 Å². The van der Waals surface area contributed by atoms with Gasteiger partial charge >= 0.3 is 5.76 Å². The number of hydrogen-bond donors (Lipinski definition) is 2. The summed E-state index contributed by atoms with van der Waals surface area (Å²) in [7, 11) is 0. The van der Waals surface area contributed by atoms with Gasteiger partial charge in [0.15, 0.2) is 5.58 Å². The third kappa shape index (κ3) is 1.64. The molecule has 2 aromatic rings. The minimum absolute atomic E-state index is 0.410. The molecule has 0 aliphatic carbocycles. The summed E-state index contributed by atoms with van der Waals surface area (Å²) in [5, 5.41) is 3.23. The maximum Gasteiger partial charge on any atom is 0.417 e. The second-order valence-corrected chi connectivity index (χ2v) is 3.15. The second-order valence-electron chi connectivity index (χ2n) is 3.15. The highest BCUT2D eigenvalue weighted by molar-refractivity contribution is 5.76. The Morgan fingerprint density at radius 3 is 3.14 bits per heavy atom. The molecule has 4 heteroatoms. The van der Waals surface area contributed by atoms with Crippen molar-refractivity contribution in [1.82, 2.24) is 4.98 Å². The van der Waals surface area contributed by atoms with Gasteiger partial charge in [-0.3, -0.25) is 4.98 Å². The maximum atomic E-state index is 10.9. The van der Waals surface area contributed by atoms with Crippen LogP contribution in [-0.4, -0.2) is 11.5 Å². The van der Waals surface area contributed by atoms with Gasteiger partial charge in [-0.1, -0.05) is 6.92 Å². The summed E-state index contributed by atoms with van der Waals surface area (Å²) in [6, 6.07) is 5.55. The van der Waals surface area contributed by atoms with Crippen LogP contribution in [0.1, 0.15) is 13.3 Å². The normalized spacial score (nSPS) is 10.6. The van der Waals surface area contributed by atoms with E-state index < -0.39 is 5.76 Å². The number of hydrogen-bond acceptors (Lipinski definition) is 3. The van der Waals surface area contributed by atoms with Crippen LogP contribution < -0.4 is 11.1 Å². The van der Waals surface area contributed by atoms with Crippen LogP contribution in [0, 0.1) is 0 Å². The summed E-state index contributed by atoms with van der Waals surface area (Å²) in [5.41, 5.74) is 2.32. The topological polar surface area (TPSA) is 58.0 Å². The van der Waals surface area contributed by atoms with Crippen LogP contribution in [0.2, 0.25) is 0 Å². The molecule has 0 unspecified atom stereocenters. The van der Waals surface area contributed by atoms with Crippen LogP contribution in [0.4, 0.5) is 5.69 Å². The maximum absolute atomic E-state index is 10.9. The highest BCUT2D eigenvalue weighted by Gasteiger charge is 2.00. The van der Waals surface area contributed by atoms with Crippen LogP contribution in [0.3, 0.4) is 0 Å². The third-order valence-electron chi connectivity index (χ3n) is 2.00. The van der Waals surface area contributed by atoms with Gasteiger partial charge in [0.25, 0.3) is 0 Å². The summed E-state index contributed by atoms with van der Waals surface area (Å²) >= 11 is 0. The molecule has 1 heterocycles. The smallest absolute Gasteiger partial charge is 0.408 e. The molecule has 0 fully saturated rings. The van der Waals surface area contributed by atoms with Gasteiger partial charge < -0.3 is 9.73 Å². The molecule has 0 spiro atoms. The lowest BCUT2D eigenvalue weighted by atomic mass is 10.3. The van der Waals surface area contributed by atoms with Crippen LogP contribution >= 0.6 is 0 Å². The molecule has 2 N–H and O–H groups in total. The average Bonchev–Trinajstić information content (AvgIpc) is 2.54. The molecule has 0 atom stereocenters. The number of aromatic nitrogens is 1. The first-order chi connectivity index (χ1) is 6.79. The summed E-state index contributed by atoms with van der Waals surface area (Å²) in [5.74, 6) is -0.410.